The quantitative estimate of drug-likeness (QED) is 0.415. The van der Waals surface area contributed by atoms with Crippen molar-refractivity contribution in [3.05, 3.63) is 29.8 Å². The molecular formula is C20H33N3O3. The van der Waals surface area contributed by atoms with Crippen molar-refractivity contribution < 1.29 is 14.2 Å². The molecule has 1 aliphatic rings. The van der Waals surface area contributed by atoms with Gasteiger partial charge in [0.05, 0.1) is 12.6 Å². The lowest BCUT2D eigenvalue weighted by atomic mass is 10.1. The van der Waals surface area contributed by atoms with Gasteiger partial charge in [-0.05, 0) is 43.9 Å². The highest BCUT2D eigenvalue weighted by atomic mass is 16.5. The van der Waals surface area contributed by atoms with Gasteiger partial charge >= 0.3 is 0 Å². The molecule has 0 amide bonds. The number of aryl methyl sites for hydroxylation is 1. The first-order valence-corrected chi connectivity index (χ1v) is 9.48. The second-order valence-electron chi connectivity index (χ2n) is 6.54. The average Bonchev–Trinajstić information content (AvgIpc) is 2.66. The fraction of sp³-hybridized carbons (Fsp3) is 0.650. The Morgan fingerprint density at radius 1 is 1.23 bits per heavy atom. The van der Waals surface area contributed by atoms with E-state index in [2.05, 4.69) is 28.2 Å². The van der Waals surface area contributed by atoms with Crippen LogP contribution in [-0.4, -0.2) is 70.6 Å². The number of aliphatic imine (C=N–C) groups is 1. The van der Waals surface area contributed by atoms with E-state index in [9.17, 15) is 0 Å². The zero-order chi connectivity index (χ0) is 18.6. The van der Waals surface area contributed by atoms with Crippen molar-refractivity contribution in [3.8, 4) is 5.75 Å². The summed E-state index contributed by atoms with van der Waals surface area (Å²) in [6, 6.07) is 8.11. The van der Waals surface area contributed by atoms with Crippen LogP contribution < -0.4 is 10.1 Å². The molecule has 26 heavy (non-hydrogen) atoms. The summed E-state index contributed by atoms with van der Waals surface area (Å²) >= 11 is 0. The van der Waals surface area contributed by atoms with Crippen molar-refractivity contribution in [2.45, 2.75) is 32.3 Å². The van der Waals surface area contributed by atoms with Gasteiger partial charge in [0.25, 0.3) is 0 Å². The van der Waals surface area contributed by atoms with Crippen LogP contribution in [0.1, 0.15) is 24.8 Å². The third-order valence-corrected chi connectivity index (χ3v) is 4.44. The minimum atomic E-state index is 0.353. The SMILES string of the molecule is CN=C(NCCOc1cccc(C)c1)N1CCC(OCCCOC)CC1. The Labute approximate surface area is 157 Å². The number of hydrogen-bond donors (Lipinski definition) is 1. The molecule has 0 aromatic heterocycles. The van der Waals surface area contributed by atoms with E-state index in [0.717, 1.165) is 63.8 Å². The molecule has 1 saturated heterocycles. The van der Waals surface area contributed by atoms with Gasteiger partial charge in [-0.2, -0.15) is 0 Å². The maximum absolute atomic E-state index is 5.92. The number of nitrogens with zero attached hydrogens (tertiary/aromatic N) is 2. The summed E-state index contributed by atoms with van der Waals surface area (Å²) in [6.45, 7) is 6.88. The molecule has 0 bridgehead atoms. The maximum atomic E-state index is 5.92. The van der Waals surface area contributed by atoms with Gasteiger partial charge < -0.3 is 24.4 Å². The van der Waals surface area contributed by atoms with Crippen molar-refractivity contribution in [2.75, 3.05) is 53.6 Å². The minimum absolute atomic E-state index is 0.353. The topological polar surface area (TPSA) is 55.3 Å². The third kappa shape index (κ3) is 7.22. The Kier molecular flexibility index (Phi) is 9.28. The number of piperidine rings is 1. The first-order valence-electron chi connectivity index (χ1n) is 9.48. The molecule has 0 saturated carbocycles. The zero-order valence-corrected chi connectivity index (χ0v) is 16.4. The Bertz CT molecular complexity index is 543. The summed E-state index contributed by atoms with van der Waals surface area (Å²) in [4.78, 5) is 6.69. The first kappa shape index (κ1) is 20.5. The van der Waals surface area contributed by atoms with Crippen LogP contribution in [0.15, 0.2) is 29.3 Å². The van der Waals surface area contributed by atoms with E-state index in [0.29, 0.717) is 12.7 Å². The van der Waals surface area contributed by atoms with E-state index < -0.39 is 0 Å². The molecule has 6 heteroatoms. The van der Waals surface area contributed by atoms with E-state index in [1.807, 2.05) is 25.2 Å². The van der Waals surface area contributed by atoms with Crippen molar-refractivity contribution in [3.63, 3.8) is 0 Å². The standard InChI is InChI=1S/C20H33N3O3/c1-17-6-4-7-19(16-17)26-15-10-22-20(21-2)23-11-8-18(9-12-23)25-14-5-13-24-3/h4,6-7,16,18H,5,8-15H2,1-3H3,(H,21,22). The van der Waals surface area contributed by atoms with Gasteiger partial charge in [-0.1, -0.05) is 12.1 Å². The average molecular weight is 364 g/mol. The van der Waals surface area contributed by atoms with Gasteiger partial charge in [-0.3, -0.25) is 4.99 Å². The summed E-state index contributed by atoms with van der Waals surface area (Å²) in [7, 11) is 3.56. The molecule has 0 aliphatic carbocycles. The van der Waals surface area contributed by atoms with Crippen LogP contribution in [-0.2, 0) is 9.47 Å². The van der Waals surface area contributed by atoms with Crippen molar-refractivity contribution in [2.24, 2.45) is 4.99 Å². The summed E-state index contributed by atoms with van der Waals surface area (Å²) in [5, 5.41) is 3.39. The number of benzene rings is 1. The molecule has 1 N–H and O–H groups in total. The molecule has 1 aromatic carbocycles. The lowest BCUT2D eigenvalue weighted by Crippen LogP contribution is -2.47. The molecule has 1 aromatic rings. The van der Waals surface area contributed by atoms with Crippen LogP contribution >= 0.6 is 0 Å². The van der Waals surface area contributed by atoms with E-state index in [1.165, 1.54) is 5.56 Å². The lowest BCUT2D eigenvalue weighted by molar-refractivity contribution is 0.00989. The number of ether oxygens (including phenoxy) is 3. The lowest BCUT2D eigenvalue weighted by Gasteiger charge is -2.34. The van der Waals surface area contributed by atoms with Gasteiger partial charge in [0.15, 0.2) is 5.96 Å². The van der Waals surface area contributed by atoms with E-state index in [1.54, 1.807) is 7.11 Å². The van der Waals surface area contributed by atoms with Gasteiger partial charge in [0.1, 0.15) is 12.4 Å². The van der Waals surface area contributed by atoms with Crippen molar-refractivity contribution in [1.82, 2.24) is 10.2 Å². The van der Waals surface area contributed by atoms with Crippen LogP contribution in [0.3, 0.4) is 0 Å². The van der Waals surface area contributed by atoms with Gasteiger partial charge in [0.2, 0.25) is 0 Å². The number of methoxy groups -OCH3 is 1. The summed E-state index contributed by atoms with van der Waals surface area (Å²) in [5.74, 6) is 1.85. The van der Waals surface area contributed by atoms with Gasteiger partial charge in [0, 0.05) is 40.5 Å². The first-order chi connectivity index (χ1) is 12.7. The number of guanidine groups is 1. The highest BCUT2D eigenvalue weighted by Gasteiger charge is 2.21. The monoisotopic (exact) mass is 363 g/mol. The maximum Gasteiger partial charge on any atom is 0.193 e. The van der Waals surface area contributed by atoms with Crippen LogP contribution in [0.25, 0.3) is 0 Å². The summed E-state index contributed by atoms with van der Waals surface area (Å²) < 4.78 is 16.8. The molecule has 0 unspecified atom stereocenters. The second kappa shape index (κ2) is 11.8. The van der Waals surface area contributed by atoms with Crippen LogP contribution in [0.2, 0.25) is 0 Å². The molecule has 0 spiro atoms. The highest BCUT2D eigenvalue weighted by Crippen LogP contribution is 2.14. The molecule has 146 valence electrons. The Morgan fingerprint density at radius 2 is 2.04 bits per heavy atom. The van der Waals surface area contributed by atoms with Crippen molar-refractivity contribution >= 4 is 5.96 Å². The number of hydrogen-bond acceptors (Lipinski definition) is 4. The van der Waals surface area contributed by atoms with Crippen LogP contribution in [0, 0.1) is 6.92 Å². The second-order valence-corrected chi connectivity index (χ2v) is 6.54. The van der Waals surface area contributed by atoms with E-state index in [-0.39, 0.29) is 0 Å². The fourth-order valence-corrected chi connectivity index (χ4v) is 3.06. The highest BCUT2D eigenvalue weighted by molar-refractivity contribution is 5.79. The van der Waals surface area contributed by atoms with Crippen LogP contribution in [0.4, 0.5) is 0 Å². The van der Waals surface area contributed by atoms with E-state index in [4.69, 9.17) is 14.2 Å². The summed E-state index contributed by atoms with van der Waals surface area (Å²) in [6.07, 6.45) is 3.38. The molecule has 1 heterocycles. The number of rotatable bonds is 9. The Balaban J connectivity index is 1.63. The molecule has 2 rings (SSSR count). The molecule has 1 aliphatic heterocycles. The molecule has 6 nitrogen and oxygen atoms in total. The molecule has 0 atom stereocenters. The number of likely N-dealkylation sites (tertiary alicyclic amines) is 1. The number of nitrogens with one attached hydrogen (secondary N) is 1. The predicted molar refractivity (Wildman–Crippen MR) is 105 cm³/mol. The van der Waals surface area contributed by atoms with E-state index >= 15 is 0 Å². The normalized spacial score (nSPS) is 16.0. The molecular weight excluding hydrogens is 330 g/mol. The van der Waals surface area contributed by atoms with Gasteiger partial charge in [-0.25, -0.2) is 0 Å². The Morgan fingerprint density at radius 3 is 2.73 bits per heavy atom. The molecule has 1 fully saturated rings. The predicted octanol–water partition coefficient (Wildman–Crippen LogP) is 2.47. The zero-order valence-electron chi connectivity index (χ0n) is 16.4. The summed E-state index contributed by atoms with van der Waals surface area (Å²) in [5.41, 5.74) is 1.21. The third-order valence-electron chi connectivity index (χ3n) is 4.44. The Hall–Kier alpha value is -1.79. The minimum Gasteiger partial charge on any atom is -0.492 e. The van der Waals surface area contributed by atoms with Crippen LogP contribution in [0.5, 0.6) is 5.75 Å². The largest absolute Gasteiger partial charge is 0.492 e. The molecule has 0 radical (unpaired) electrons. The fourth-order valence-electron chi connectivity index (χ4n) is 3.06. The smallest absolute Gasteiger partial charge is 0.193 e. The van der Waals surface area contributed by atoms with Gasteiger partial charge in [-0.15, -0.1) is 0 Å². The van der Waals surface area contributed by atoms with Crippen molar-refractivity contribution in [1.29, 1.82) is 0 Å².